The minimum Gasteiger partial charge on any atom is -0.330 e. The Labute approximate surface area is 86.7 Å². The number of pyridine rings is 1. The van der Waals surface area contributed by atoms with Gasteiger partial charge < -0.3 is 11.5 Å². The molecule has 0 unspecified atom stereocenters. The molecular weight excluding hydrogens is 230 g/mol. The fourth-order valence-electron chi connectivity index (χ4n) is 1.09. The van der Waals surface area contributed by atoms with E-state index in [9.17, 15) is 0 Å². The van der Waals surface area contributed by atoms with E-state index in [2.05, 4.69) is 20.9 Å². The van der Waals surface area contributed by atoms with Crippen LogP contribution in [0, 0.1) is 0 Å². The van der Waals surface area contributed by atoms with Crippen molar-refractivity contribution < 1.29 is 0 Å². The number of hydrogen-bond donors (Lipinski definition) is 2. The second kappa shape index (κ2) is 5.32. The van der Waals surface area contributed by atoms with Gasteiger partial charge in [-0.1, -0.05) is 0 Å². The Balaban J connectivity index is 2.55. The van der Waals surface area contributed by atoms with Crippen molar-refractivity contribution in [3.63, 3.8) is 0 Å². The average Bonchev–Trinajstić information content (AvgIpc) is 2.15. The van der Waals surface area contributed by atoms with Crippen molar-refractivity contribution in [3.8, 4) is 0 Å². The van der Waals surface area contributed by atoms with Gasteiger partial charge in [-0.15, -0.1) is 0 Å². The first kappa shape index (κ1) is 10.6. The smallest absolute Gasteiger partial charge is 0.0571 e. The Hall–Kier alpha value is -0.450. The summed E-state index contributed by atoms with van der Waals surface area (Å²) in [5.74, 6) is 0. The molecule has 0 bridgehead atoms. The second-order valence-electron chi connectivity index (χ2n) is 2.94. The standard InChI is InChI=1S/C9H14BrN3/c10-7-3-4-9(13-6-7)8(12)2-1-5-11/h3-4,6,8H,1-2,5,11-12H2/t8-/m1/s1. The Morgan fingerprint density at radius 2 is 2.23 bits per heavy atom. The topological polar surface area (TPSA) is 64.9 Å². The first-order valence-corrected chi connectivity index (χ1v) is 5.10. The van der Waals surface area contributed by atoms with Crippen LogP contribution in [-0.4, -0.2) is 11.5 Å². The van der Waals surface area contributed by atoms with E-state index in [1.54, 1.807) is 6.20 Å². The third-order valence-corrected chi connectivity index (χ3v) is 2.32. The van der Waals surface area contributed by atoms with Crippen LogP contribution in [0.4, 0.5) is 0 Å². The van der Waals surface area contributed by atoms with Gasteiger partial charge >= 0.3 is 0 Å². The molecule has 1 aromatic rings. The maximum atomic E-state index is 5.90. The number of nitrogens with two attached hydrogens (primary N) is 2. The van der Waals surface area contributed by atoms with Gasteiger partial charge in [0.25, 0.3) is 0 Å². The average molecular weight is 244 g/mol. The van der Waals surface area contributed by atoms with Crippen LogP contribution in [0.25, 0.3) is 0 Å². The molecule has 0 aromatic carbocycles. The lowest BCUT2D eigenvalue weighted by Gasteiger charge is -2.09. The molecule has 0 radical (unpaired) electrons. The van der Waals surface area contributed by atoms with E-state index in [1.807, 2.05) is 12.1 Å². The number of hydrogen-bond acceptors (Lipinski definition) is 3. The Morgan fingerprint density at radius 1 is 1.46 bits per heavy atom. The Morgan fingerprint density at radius 3 is 2.77 bits per heavy atom. The normalized spacial score (nSPS) is 12.8. The summed E-state index contributed by atoms with van der Waals surface area (Å²) in [5.41, 5.74) is 12.2. The van der Waals surface area contributed by atoms with Crippen molar-refractivity contribution in [2.45, 2.75) is 18.9 Å². The summed E-state index contributed by atoms with van der Waals surface area (Å²) in [6.45, 7) is 0.685. The third-order valence-electron chi connectivity index (χ3n) is 1.85. The van der Waals surface area contributed by atoms with Crippen LogP contribution in [0.3, 0.4) is 0 Å². The zero-order chi connectivity index (χ0) is 9.68. The molecule has 3 nitrogen and oxygen atoms in total. The maximum Gasteiger partial charge on any atom is 0.0571 e. The summed E-state index contributed by atoms with van der Waals surface area (Å²) in [7, 11) is 0. The number of halogens is 1. The molecule has 0 aliphatic heterocycles. The van der Waals surface area contributed by atoms with Gasteiger partial charge in [-0.3, -0.25) is 4.98 Å². The summed E-state index contributed by atoms with van der Waals surface area (Å²) in [5, 5.41) is 0. The summed E-state index contributed by atoms with van der Waals surface area (Å²) in [4.78, 5) is 4.22. The summed E-state index contributed by atoms with van der Waals surface area (Å²) in [6, 6.07) is 3.90. The summed E-state index contributed by atoms with van der Waals surface area (Å²) < 4.78 is 0.974. The van der Waals surface area contributed by atoms with Crippen LogP contribution in [-0.2, 0) is 0 Å². The molecule has 0 aliphatic rings. The number of rotatable bonds is 4. The fraction of sp³-hybridized carbons (Fsp3) is 0.444. The molecular formula is C9H14BrN3. The van der Waals surface area contributed by atoms with Crippen LogP contribution in [0.1, 0.15) is 24.6 Å². The van der Waals surface area contributed by atoms with E-state index in [4.69, 9.17) is 11.5 Å². The predicted molar refractivity (Wildman–Crippen MR) is 57.2 cm³/mol. The Bertz CT molecular complexity index is 248. The zero-order valence-electron chi connectivity index (χ0n) is 7.41. The molecule has 1 atom stereocenters. The molecule has 0 saturated heterocycles. The van der Waals surface area contributed by atoms with Gasteiger partial charge in [-0.25, -0.2) is 0 Å². The molecule has 0 aliphatic carbocycles. The minimum atomic E-state index is 0.0108. The highest BCUT2D eigenvalue weighted by atomic mass is 79.9. The molecule has 72 valence electrons. The zero-order valence-corrected chi connectivity index (χ0v) is 9.00. The molecule has 0 saturated carbocycles. The van der Waals surface area contributed by atoms with E-state index in [0.717, 1.165) is 23.0 Å². The number of nitrogens with zero attached hydrogens (tertiary/aromatic N) is 1. The van der Waals surface area contributed by atoms with Crippen molar-refractivity contribution in [1.82, 2.24) is 4.98 Å². The third kappa shape index (κ3) is 3.42. The highest BCUT2D eigenvalue weighted by Gasteiger charge is 2.05. The quantitative estimate of drug-likeness (QED) is 0.845. The molecule has 0 amide bonds. The van der Waals surface area contributed by atoms with Crippen molar-refractivity contribution in [2.24, 2.45) is 11.5 Å². The van der Waals surface area contributed by atoms with Gasteiger partial charge in [0.05, 0.1) is 5.69 Å². The van der Waals surface area contributed by atoms with Gasteiger partial charge in [-0.05, 0) is 47.4 Å². The van der Waals surface area contributed by atoms with Gasteiger partial charge in [0.2, 0.25) is 0 Å². The fourth-order valence-corrected chi connectivity index (χ4v) is 1.33. The molecule has 1 heterocycles. The lowest BCUT2D eigenvalue weighted by atomic mass is 10.1. The van der Waals surface area contributed by atoms with Gasteiger partial charge in [0.1, 0.15) is 0 Å². The molecule has 4 heteroatoms. The van der Waals surface area contributed by atoms with Crippen LogP contribution in [0.5, 0.6) is 0 Å². The first-order chi connectivity index (χ1) is 6.24. The van der Waals surface area contributed by atoms with E-state index in [1.165, 1.54) is 0 Å². The summed E-state index contributed by atoms with van der Waals surface area (Å²) >= 11 is 3.32. The highest BCUT2D eigenvalue weighted by Crippen LogP contribution is 2.15. The largest absolute Gasteiger partial charge is 0.330 e. The lowest BCUT2D eigenvalue weighted by Crippen LogP contribution is -2.13. The first-order valence-electron chi connectivity index (χ1n) is 4.31. The van der Waals surface area contributed by atoms with Crippen molar-refractivity contribution in [2.75, 3.05) is 6.54 Å². The summed E-state index contributed by atoms with van der Waals surface area (Å²) in [6.07, 6.45) is 3.60. The van der Waals surface area contributed by atoms with Gasteiger partial charge in [0.15, 0.2) is 0 Å². The molecule has 1 aromatic heterocycles. The monoisotopic (exact) mass is 243 g/mol. The van der Waals surface area contributed by atoms with Crippen LogP contribution >= 0.6 is 15.9 Å². The van der Waals surface area contributed by atoms with Crippen molar-refractivity contribution >= 4 is 15.9 Å². The molecule has 13 heavy (non-hydrogen) atoms. The van der Waals surface area contributed by atoms with Gasteiger partial charge in [-0.2, -0.15) is 0 Å². The highest BCUT2D eigenvalue weighted by molar-refractivity contribution is 9.10. The minimum absolute atomic E-state index is 0.0108. The molecule has 1 rings (SSSR count). The van der Waals surface area contributed by atoms with E-state index in [0.29, 0.717) is 6.54 Å². The molecule has 0 spiro atoms. The van der Waals surface area contributed by atoms with Crippen molar-refractivity contribution in [1.29, 1.82) is 0 Å². The van der Waals surface area contributed by atoms with Crippen LogP contribution in [0.15, 0.2) is 22.8 Å². The Kier molecular flexibility index (Phi) is 4.35. The van der Waals surface area contributed by atoms with Gasteiger partial charge in [0, 0.05) is 16.7 Å². The van der Waals surface area contributed by atoms with E-state index < -0.39 is 0 Å². The van der Waals surface area contributed by atoms with Crippen molar-refractivity contribution in [3.05, 3.63) is 28.5 Å². The van der Waals surface area contributed by atoms with E-state index >= 15 is 0 Å². The lowest BCUT2D eigenvalue weighted by molar-refractivity contribution is 0.603. The SMILES string of the molecule is NCCC[C@@H](N)c1ccc(Br)cn1. The van der Waals surface area contributed by atoms with E-state index in [-0.39, 0.29) is 6.04 Å². The molecule has 4 N–H and O–H groups in total. The molecule has 0 fully saturated rings. The predicted octanol–water partition coefficient (Wildman–Crippen LogP) is 1.58. The van der Waals surface area contributed by atoms with Crippen LogP contribution < -0.4 is 11.5 Å². The van der Waals surface area contributed by atoms with Crippen LogP contribution in [0.2, 0.25) is 0 Å². The number of aromatic nitrogens is 1. The second-order valence-corrected chi connectivity index (χ2v) is 3.85. The maximum absolute atomic E-state index is 5.90.